The average Bonchev–Trinajstić information content (AvgIpc) is 3.27. The van der Waals surface area contributed by atoms with Gasteiger partial charge >= 0.3 is 5.97 Å². The quantitative estimate of drug-likeness (QED) is 0.489. The van der Waals surface area contributed by atoms with Crippen LogP contribution in [-0.4, -0.2) is 60.4 Å². The molecular weight excluding hydrogens is 412 g/mol. The van der Waals surface area contributed by atoms with Gasteiger partial charge in [-0.05, 0) is 38.0 Å². The van der Waals surface area contributed by atoms with Crippen molar-refractivity contribution in [3.8, 4) is 0 Å². The molecular formula is C20H24N2O5S2. The average molecular weight is 437 g/mol. The first-order chi connectivity index (χ1) is 13.8. The molecule has 156 valence electrons. The third-order valence-corrected chi connectivity index (χ3v) is 7.72. The number of para-hydroxylation sites is 1. The topological polar surface area (TPSA) is 93.6 Å². The smallest absolute Gasteiger partial charge is 0.331 e. The van der Waals surface area contributed by atoms with E-state index in [-0.39, 0.29) is 29.5 Å². The van der Waals surface area contributed by atoms with Crippen LogP contribution in [0.2, 0.25) is 0 Å². The van der Waals surface area contributed by atoms with E-state index in [0.717, 1.165) is 10.2 Å². The number of benzene rings is 1. The van der Waals surface area contributed by atoms with Gasteiger partial charge in [-0.2, -0.15) is 0 Å². The van der Waals surface area contributed by atoms with Crippen LogP contribution in [0.4, 0.5) is 0 Å². The molecule has 2 unspecified atom stereocenters. The Kier molecular flexibility index (Phi) is 6.69. The highest BCUT2D eigenvalue weighted by Crippen LogP contribution is 2.23. The molecule has 2 heterocycles. The molecule has 0 aliphatic carbocycles. The minimum absolute atomic E-state index is 0.0332. The van der Waals surface area contributed by atoms with Crippen LogP contribution in [0.3, 0.4) is 0 Å². The number of rotatable bonds is 7. The summed E-state index contributed by atoms with van der Waals surface area (Å²) in [6, 6.07) is 7.18. The molecule has 0 radical (unpaired) electrons. The first-order valence-corrected chi connectivity index (χ1v) is 12.1. The molecule has 1 aliphatic heterocycles. The van der Waals surface area contributed by atoms with E-state index >= 15 is 0 Å². The molecule has 1 aliphatic rings. The molecule has 1 aromatic heterocycles. The molecule has 0 saturated carbocycles. The van der Waals surface area contributed by atoms with Crippen LogP contribution >= 0.6 is 11.3 Å². The van der Waals surface area contributed by atoms with Gasteiger partial charge in [0.1, 0.15) is 5.01 Å². The Bertz CT molecular complexity index is 995. The van der Waals surface area contributed by atoms with Crippen LogP contribution in [0.25, 0.3) is 16.3 Å². The Morgan fingerprint density at radius 2 is 2.14 bits per heavy atom. The van der Waals surface area contributed by atoms with Crippen molar-refractivity contribution in [2.75, 3.05) is 18.1 Å². The molecule has 9 heteroatoms. The van der Waals surface area contributed by atoms with Gasteiger partial charge in [-0.25, -0.2) is 18.2 Å². The number of hydrogen-bond acceptors (Lipinski definition) is 7. The summed E-state index contributed by atoms with van der Waals surface area (Å²) in [5.41, 5.74) is 0.858. The van der Waals surface area contributed by atoms with Crippen LogP contribution in [0.5, 0.6) is 0 Å². The Morgan fingerprint density at radius 1 is 1.38 bits per heavy atom. The van der Waals surface area contributed by atoms with Crippen molar-refractivity contribution in [2.45, 2.75) is 38.8 Å². The van der Waals surface area contributed by atoms with Crippen LogP contribution in [-0.2, 0) is 24.2 Å². The first kappa shape index (κ1) is 21.4. The Labute approximate surface area is 174 Å². The van der Waals surface area contributed by atoms with Crippen molar-refractivity contribution in [2.24, 2.45) is 0 Å². The lowest BCUT2D eigenvalue weighted by Gasteiger charge is -2.33. The lowest BCUT2D eigenvalue weighted by Crippen LogP contribution is -2.48. The summed E-state index contributed by atoms with van der Waals surface area (Å²) < 4.78 is 29.7. The van der Waals surface area contributed by atoms with E-state index in [1.807, 2.05) is 38.1 Å². The number of ether oxygens (including phenoxy) is 1. The van der Waals surface area contributed by atoms with Crippen LogP contribution in [0.15, 0.2) is 30.3 Å². The summed E-state index contributed by atoms with van der Waals surface area (Å²) in [5.74, 6) is -0.958. The molecule has 1 fully saturated rings. The van der Waals surface area contributed by atoms with E-state index in [4.69, 9.17) is 4.74 Å². The van der Waals surface area contributed by atoms with Gasteiger partial charge in [-0.1, -0.05) is 19.1 Å². The van der Waals surface area contributed by atoms with Crippen molar-refractivity contribution in [1.29, 1.82) is 0 Å². The lowest BCUT2D eigenvalue weighted by atomic mass is 10.1. The summed E-state index contributed by atoms with van der Waals surface area (Å²) >= 11 is 1.45. The molecule has 1 amide bonds. The standard InChI is InChI=1S/C20H24N2O5S2/c1-3-14(2)22(15-10-11-29(25,26)13-15)19(23)12-27-20(24)9-8-18-21-16-6-4-5-7-17(16)28-18/h4-9,14-15H,3,10-13H2,1-2H3/b9-8+. The van der Waals surface area contributed by atoms with Gasteiger partial charge in [-0.15, -0.1) is 11.3 Å². The van der Waals surface area contributed by atoms with Gasteiger partial charge in [-0.3, -0.25) is 4.79 Å². The summed E-state index contributed by atoms with van der Waals surface area (Å²) in [6.45, 7) is 3.39. The first-order valence-electron chi connectivity index (χ1n) is 9.51. The van der Waals surface area contributed by atoms with Gasteiger partial charge in [0.15, 0.2) is 16.4 Å². The number of sulfone groups is 1. The Morgan fingerprint density at radius 3 is 2.79 bits per heavy atom. The van der Waals surface area contributed by atoms with E-state index in [2.05, 4.69) is 4.98 Å². The number of amides is 1. The molecule has 1 aromatic carbocycles. The minimum atomic E-state index is -3.12. The van der Waals surface area contributed by atoms with Gasteiger partial charge in [0.25, 0.3) is 5.91 Å². The van der Waals surface area contributed by atoms with E-state index in [1.54, 1.807) is 11.0 Å². The summed E-state index contributed by atoms with van der Waals surface area (Å²) in [4.78, 5) is 30.6. The third kappa shape index (κ3) is 5.42. The number of aromatic nitrogens is 1. The molecule has 0 N–H and O–H groups in total. The van der Waals surface area contributed by atoms with E-state index < -0.39 is 22.4 Å². The molecule has 7 nitrogen and oxygen atoms in total. The van der Waals surface area contributed by atoms with Gasteiger partial charge in [0.2, 0.25) is 0 Å². The van der Waals surface area contributed by atoms with E-state index in [1.165, 1.54) is 17.4 Å². The zero-order chi connectivity index (χ0) is 21.0. The highest BCUT2D eigenvalue weighted by molar-refractivity contribution is 7.91. The third-order valence-electron chi connectivity index (χ3n) is 4.97. The fourth-order valence-corrected chi connectivity index (χ4v) is 5.94. The Balaban J connectivity index is 1.59. The predicted octanol–water partition coefficient (Wildman–Crippen LogP) is 2.67. The summed E-state index contributed by atoms with van der Waals surface area (Å²) in [6.07, 6.45) is 3.92. The minimum Gasteiger partial charge on any atom is -0.452 e. The molecule has 2 aromatic rings. The number of thiazole rings is 1. The largest absolute Gasteiger partial charge is 0.452 e. The summed E-state index contributed by atoms with van der Waals surface area (Å²) in [5, 5.41) is 0.673. The molecule has 2 atom stereocenters. The molecule has 0 spiro atoms. The van der Waals surface area contributed by atoms with E-state index in [0.29, 0.717) is 17.8 Å². The number of carbonyl (C=O) groups is 2. The van der Waals surface area contributed by atoms with Gasteiger partial charge in [0, 0.05) is 18.2 Å². The second-order valence-corrected chi connectivity index (χ2v) is 10.4. The SMILES string of the molecule is CCC(C)N(C(=O)COC(=O)/C=C/c1nc2ccccc2s1)C1CCS(=O)(=O)C1. The molecule has 29 heavy (non-hydrogen) atoms. The maximum Gasteiger partial charge on any atom is 0.331 e. The number of carbonyl (C=O) groups excluding carboxylic acids is 2. The number of hydrogen-bond donors (Lipinski definition) is 0. The fourth-order valence-electron chi connectivity index (χ4n) is 3.36. The molecule has 1 saturated heterocycles. The summed E-state index contributed by atoms with van der Waals surface area (Å²) in [7, 11) is -3.12. The Hall–Kier alpha value is -2.26. The monoisotopic (exact) mass is 436 g/mol. The van der Waals surface area contributed by atoms with Crippen LogP contribution in [0, 0.1) is 0 Å². The number of fused-ring (bicyclic) bond motifs is 1. The normalized spacial score (nSPS) is 19.4. The van der Waals surface area contributed by atoms with E-state index in [9.17, 15) is 18.0 Å². The van der Waals surface area contributed by atoms with Gasteiger partial charge < -0.3 is 9.64 Å². The van der Waals surface area contributed by atoms with Crippen molar-refractivity contribution < 1.29 is 22.7 Å². The maximum atomic E-state index is 12.7. The lowest BCUT2D eigenvalue weighted by molar-refractivity contribution is -0.150. The molecule has 0 bridgehead atoms. The zero-order valence-electron chi connectivity index (χ0n) is 16.4. The van der Waals surface area contributed by atoms with Crippen LogP contribution < -0.4 is 0 Å². The number of nitrogens with zero attached hydrogens (tertiary/aromatic N) is 2. The van der Waals surface area contributed by atoms with Crippen LogP contribution in [0.1, 0.15) is 31.7 Å². The highest BCUT2D eigenvalue weighted by Gasteiger charge is 2.36. The molecule has 3 rings (SSSR count). The number of esters is 1. The van der Waals surface area contributed by atoms with Gasteiger partial charge in [0.05, 0.1) is 21.7 Å². The maximum absolute atomic E-state index is 12.7. The zero-order valence-corrected chi connectivity index (χ0v) is 18.0. The van der Waals surface area contributed by atoms with Crippen molar-refractivity contribution in [3.63, 3.8) is 0 Å². The van der Waals surface area contributed by atoms with Crippen molar-refractivity contribution in [1.82, 2.24) is 9.88 Å². The highest BCUT2D eigenvalue weighted by atomic mass is 32.2. The second kappa shape index (κ2) is 9.04. The van der Waals surface area contributed by atoms with Crippen molar-refractivity contribution >= 4 is 49.3 Å². The van der Waals surface area contributed by atoms with Crippen molar-refractivity contribution in [3.05, 3.63) is 35.3 Å². The second-order valence-electron chi connectivity index (χ2n) is 7.08. The predicted molar refractivity (Wildman–Crippen MR) is 113 cm³/mol. The fraction of sp³-hybridized carbons (Fsp3) is 0.450.